The predicted octanol–water partition coefficient (Wildman–Crippen LogP) is 2.24. The van der Waals surface area contributed by atoms with E-state index in [0.717, 1.165) is 24.8 Å². The van der Waals surface area contributed by atoms with Gasteiger partial charge in [-0.05, 0) is 48.9 Å². The zero-order chi connectivity index (χ0) is 20.1. The van der Waals surface area contributed by atoms with Gasteiger partial charge >= 0.3 is 0 Å². The van der Waals surface area contributed by atoms with E-state index >= 15 is 0 Å². The van der Waals surface area contributed by atoms with Crippen LogP contribution in [-0.4, -0.2) is 56.8 Å². The number of nitrogens with zero attached hydrogens (tertiary/aromatic N) is 2. The summed E-state index contributed by atoms with van der Waals surface area (Å²) >= 11 is 0. The molecule has 0 saturated carbocycles. The summed E-state index contributed by atoms with van der Waals surface area (Å²) in [5.74, 6) is 0.0709. The van der Waals surface area contributed by atoms with Gasteiger partial charge in [-0.2, -0.15) is 4.31 Å². The number of carbonyl (C=O) groups excluding carboxylic acids is 1. The van der Waals surface area contributed by atoms with Crippen molar-refractivity contribution in [2.24, 2.45) is 11.1 Å². The summed E-state index contributed by atoms with van der Waals surface area (Å²) in [5.41, 5.74) is 6.60. The molecule has 1 aliphatic rings. The Kier molecular flexibility index (Phi) is 7.42. The number of sulfonamides is 1. The lowest BCUT2D eigenvalue weighted by atomic mass is 9.93. The molecule has 1 aromatic rings. The van der Waals surface area contributed by atoms with E-state index in [1.54, 1.807) is 28.4 Å². The molecule has 0 atom stereocenters. The molecular formula is C20H33N3O3S. The number of carbonyl (C=O) groups is 1. The Balaban J connectivity index is 1.93. The van der Waals surface area contributed by atoms with Crippen molar-refractivity contribution in [3.8, 4) is 0 Å². The summed E-state index contributed by atoms with van der Waals surface area (Å²) in [6.07, 6.45) is 3.93. The number of amides is 1. The van der Waals surface area contributed by atoms with Crippen molar-refractivity contribution in [3.63, 3.8) is 0 Å². The zero-order valence-corrected chi connectivity index (χ0v) is 17.6. The van der Waals surface area contributed by atoms with Gasteiger partial charge in [0.15, 0.2) is 0 Å². The van der Waals surface area contributed by atoms with Gasteiger partial charge in [0, 0.05) is 33.1 Å². The number of rotatable bonds is 8. The molecule has 6 nitrogen and oxygen atoms in total. The second-order valence-corrected chi connectivity index (χ2v) is 10.2. The van der Waals surface area contributed by atoms with E-state index in [4.69, 9.17) is 5.73 Å². The van der Waals surface area contributed by atoms with E-state index in [-0.39, 0.29) is 11.3 Å². The predicted molar refractivity (Wildman–Crippen MR) is 108 cm³/mol. The third kappa shape index (κ3) is 6.02. The van der Waals surface area contributed by atoms with Gasteiger partial charge in [0.1, 0.15) is 0 Å². The molecule has 0 unspecified atom stereocenters. The van der Waals surface area contributed by atoms with Crippen LogP contribution in [0.15, 0.2) is 29.2 Å². The lowest BCUT2D eigenvalue weighted by Gasteiger charge is -2.29. The molecule has 1 saturated heterocycles. The van der Waals surface area contributed by atoms with Crippen LogP contribution < -0.4 is 5.73 Å². The van der Waals surface area contributed by atoms with Crippen molar-refractivity contribution in [2.75, 3.05) is 33.2 Å². The van der Waals surface area contributed by atoms with E-state index < -0.39 is 10.0 Å². The minimum absolute atomic E-state index is 0.0709. The maximum absolute atomic E-state index is 12.7. The van der Waals surface area contributed by atoms with Gasteiger partial charge in [-0.15, -0.1) is 0 Å². The second-order valence-electron chi connectivity index (χ2n) is 8.23. The molecular weight excluding hydrogens is 362 g/mol. The maximum atomic E-state index is 12.7. The molecule has 1 fully saturated rings. The summed E-state index contributed by atoms with van der Waals surface area (Å²) in [6.45, 7) is 6.43. The molecule has 1 amide bonds. The minimum Gasteiger partial charge on any atom is -0.345 e. The average Bonchev–Trinajstić information content (AvgIpc) is 2.66. The summed E-state index contributed by atoms with van der Waals surface area (Å²) in [4.78, 5) is 14.4. The third-order valence-corrected chi connectivity index (χ3v) is 7.06. The monoisotopic (exact) mass is 395 g/mol. The van der Waals surface area contributed by atoms with Crippen molar-refractivity contribution in [3.05, 3.63) is 29.8 Å². The molecule has 0 spiro atoms. The molecule has 0 radical (unpaired) electrons. The fraction of sp³-hybridized carbons (Fsp3) is 0.650. The number of hydrogen-bond acceptors (Lipinski definition) is 4. The molecule has 2 N–H and O–H groups in total. The van der Waals surface area contributed by atoms with Crippen LogP contribution >= 0.6 is 0 Å². The number of piperidine rings is 1. The molecule has 0 aromatic heterocycles. The highest BCUT2D eigenvalue weighted by atomic mass is 32.2. The molecule has 7 heteroatoms. The summed E-state index contributed by atoms with van der Waals surface area (Å²) in [7, 11) is -1.60. The van der Waals surface area contributed by atoms with E-state index in [1.807, 2.05) is 26.0 Å². The first-order valence-corrected chi connectivity index (χ1v) is 11.1. The lowest BCUT2D eigenvalue weighted by Crippen LogP contribution is -2.39. The van der Waals surface area contributed by atoms with Crippen molar-refractivity contribution < 1.29 is 13.2 Å². The van der Waals surface area contributed by atoms with Crippen LogP contribution in [0.2, 0.25) is 0 Å². The number of nitrogens with two attached hydrogens (primary N) is 1. The van der Waals surface area contributed by atoms with Crippen molar-refractivity contribution in [2.45, 2.75) is 50.8 Å². The molecule has 2 rings (SSSR count). The third-order valence-electron chi connectivity index (χ3n) is 5.15. The molecule has 0 bridgehead atoms. The van der Waals surface area contributed by atoms with Crippen LogP contribution in [0.1, 0.15) is 45.1 Å². The van der Waals surface area contributed by atoms with E-state index in [0.29, 0.717) is 43.9 Å². The highest BCUT2D eigenvalue weighted by molar-refractivity contribution is 7.89. The summed E-state index contributed by atoms with van der Waals surface area (Å²) in [6, 6.07) is 6.94. The van der Waals surface area contributed by atoms with Gasteiger partial charge in [-0.1, -0.05) is 32.4 Å². The van der Waals surface area contributed by atoms with Crippen LogP contribution in [0.4, 0.5) is 0 Å². The van der Waals surface area contributed by atoms with Crippen LogP contribution in [0.3, 0.4) is 0 Å². The number of aryl methyl sites for hydroxylation is 1. The largest absolute Gasteiger partial charge is 0.345 e. The molecule has 1 aromatic carbocycles. The van der Waals surface area contributed by atoms with Gasteiger partial charge in [-0.3, -0.25) is 4.79 Å². The summed E-state index contributed by atoms with van der Waals surface area (Å²) in [5, 5.41) is 0. The molecule has 1 heterocycles. The first-order chi connectivity index (χ1) is 12.7. The van der Waals surface area contributed by atoms with Crippen molar-refractivity contribution >= 4 is 15.9 Å². The van der Waals surface area contributed by atoms with Crippen LogP contribution in [-0.2, 0) is 21.2 Å². The molecule has 1 aliphatic heterocycles. The van der Waals surface area contributed by atoms with Gasteiger partial charge in [0.25, 0.3) is 0 Å². The van der Waals surface area contributed by atoms with E-state index in [2.05, 4.69) is 0 Å². The highest BCUT2D eigenvalue weighted by Gasteiger charge is 2.25. The first-order valence-electron chi connectivity index (χ1n) is 9.69. The smallest absolute Gasteiger partial charge is 0.243 e. The fourth-order valence-electron chi connectivity index (χ4n) is 3.32. The topological polar surface area (TPSA) is 83.7 Å². The van der Waals surface area contributed by atoms with Crippen LogP contribution in [0.5, 0.6) is 0 Å². The highest BCUT2D eigenvalue weighted by Crippen LogP contribution is 2.21. The summed E-state index contributed by atoms with van der Waals surface area (Å²) < 4.78 is 26.9. The Morgan fingerprint density at radius 2 is 1.74 bits per heavy atom. The molecule has 0 aliphatic carbocycles. The van der Waals surface area contributed by atoms with Crippen LogP contribution in [0.25, 0.3) is 0 Å². The Labute approximate surface area is 163 Å². The Hall–Kier alpha value is -1.44. The number of hydrogen-bond donors (Lipinski definition) is 1. The lowest BCUT2D eigenvalue weighted by molar-refractivity contribution is -0.131. The standard InChI is InChI=1S/C20H33N3O3S/c1-20(2,15-21)16-22(3)19(24)12-9-17-7-10-18(11-8-17)27(25,26)23-13-5-4-6-14-23/h7-8,10-11H,4-6,9,12-16,21H2,1-3H3. The van der Waals surface area contributed by atoms with E-state index in [1.165, 1.54) is 0 Å². The quantitative estimate of drug-likeness (QED) is 0.732. The Morgan fingerprint density at radius 3 is 2.30 bits per heavy atom. The minimum atomic E-state index is -3.40. The maximum Gasteiger partial charge on any atom is 0.243 e. The molecule has 27 heavy (non-hydrogen) atoms. The van der Waals surface area contributed by atoms with Gasteiger partial charge in [-0.25, -0.2) is 8.42 Å². The van der Waals surface area contributed by atoms with Gasteiger partial charge in [0.2, 0.25) is 15.9 Å². The second kappa shape index (κ2) is 9.17. The van der Waals surface area contributed by atoms with Gasteiger partial charge < -0.3 is 10.6 Å². The SMILES string of the molecule is CN(CC(C)(C)CN)C(=O)CCc1ccc(S(=O)(=O)N2CCCCC2)cc1. The average molecular weight is 396 g/mol. The zero-order valence-electron chi connectivity index (χ0n) is 16.8. The fourth-order valence-corrected chi connectivity index (χ4v) is 4.84. The normalized spacial score (nSPS) is 16.3. The van der Waals surface area contributed by atoms with Crippen molar-refractivity contribution in [1.82, 2.24) is 9.21 Å². The number of benzene rings is 1. The van der Waals surface area contributed by atoms with Crippen LogP contribution in [0, 0.1) is 5.41 Å². The van der Waals surface area contributed by atoms with Gasteiger partial charge in [0.05, 0.1) is 4.90 Å². The Bertz CT molecular complexity index is 723. The Morgan fingerprint density at radius 1 is 1.15 bits per heavy atom. The molecule has 152 valence electrons. The van der Waals surface area contributed by atoms with E-state index in [9.17, 15) is 13.2 Å². The first kappa shape index (κ1) is 21.9. The van der Waals surface area contributed by atoms with Crippen molar-refractivity contribution in [1.29, 1.82) is 0 Å².